The number of carboxylic acid groups (broad SMARTS) is 1. The Hall–Kier alpha value is -1.87. The molecule has 28 heavy (non-hydrogen) atoms. The summed E-state index contributed by atoms with van der Waals surface area (Å²) < 4.78 is 5.83. The molecule has 0 spiro atoms. The van der Waals surface area contributed by atoms with Gasteiger partial charge in [0.2, 0.25) is 0 Å². The first-order chi connectivity index (χ1) is 12.9. The van der Waals surface area contributed by atoms with E-state index in [-0.39, 0.29) is 10.8 Å². The third-order valence-electron chi connectivity index (χ3n) is 7.09. The largest absolute Gasteiger partial charge is 0.478 e. The standard InChI is InChI=1S/C25H34O3/c1-16-12-20-21(24(5,6)11-10-23(20,3)4)14-19(16)18-8-9-25(15-18,28-7)17(2)13-22(26)27/h12-15H,8-11H2,1-7H3,(H,26,27). The lowest BCUT2D eigenvalue weighted by Gasteiger charge is -2.42. The Labute approximate surface area is 169 Å². The topological polar surface area (TPSA) is 46.5 Å². The van der Waals surface area contributed by atoms with Gasteiger partial charge >= 0.3 is 5.97 Å². The van der Waals surface area contributed by atoms with Crippen LogP contribution < -0.4 is 0 Å². The first-order valence-corrected chi connectivity index (χ1v) is 10.3. The Morgan fingerprint density at radius 3 is 2.18 bits per heavy atom. The summed E-state index contributed by atoms with van der Waals surface area (Å²) in [5, 5.41) is 9.17. The van der Waals surface area contributed by atoms with Gasteiger partial charge in [-0.1, -0.05) is 39.8 Å². The summed E-state index contributed by atoms with van der Waals surface area (Å²) in [6.45, 7) is 13.4. The zero-order chi connectivity index (χ0) is 20.9. The second-order valence-corrected chi connectivity index (χ2v) is 9.91. The molecule has 2 aliphatic rings. The molecule has 1 aromatic rings. The first kappa shape index (κ1) is 20.9. The maximum absolute atomic E-state index is 11.2. The molecule has 2 aliphatic carbocycles. The van der Waals surface area contributed by atoms with Gasteiger partial charge in [0, 0.05) is 13.2 Å². The van der Waals surface area contributed by atoms with Gasteiger partial charge in [-0.25, -0.2) is 4.79 Å². The minimum Gasteiger partial charge on any atom is -0.478 e. The number of aliphatic carboxylic acids is 1. The fraction of sp³-hybridized carbons (Fsp3) is 0.560. The minimum absolute atomic E-state index is 0.171. The molecular weight excluding hydrogens is 348 g/mol. The summed E-state index contributed by atoms with van der Waals surface area (Å²) in [5.41, 5.74) is 7.27. The fourth-order valence-corrected chi connectivity index (χ4v) is 4.97. The fourth-order valence-electron chi connectivity index (χ4n) is 4.97. The van der Waals surface area contributed by atoms with Crippen molar-refractivity contribution in [3.05, 3.63) is 52.1 Å². The van der Waals surface area contributed by atoms with Crippen molar-refractivity contribution in [2.75, 3.05) is 7.11 Å². The van der Waals surface area contributed by atoms with Gasteiger partial charge in [0.05, 0.1) is 0 Å². The molecule has 0 heterocycles. The van der Waals surface area contributed by atoms with Gasteiger partial charge in [0.15, 0.2) is 0 Å². The van der Waals surface area contributed by atoms with E-state index < -0.39 is 11.6 Å². The summed E-state index contributed by atoms with van der Waals surface area (Å²) in [5.74, 6) is -0.926. The van der Waals surface area contributed by atoms with Crippen molar-refractivity contribution >= 4 is 11.5 Å². The summed E-state index contributed by atoms with van der Waals surface area (Å²) in [7, 11) is 1.67. The number of ether oxygens (including phenoxy) is 1. The number of hydrogen-bond acceptors (Lipinski definition) is 2. The van der Waals surface area contributed by atoms with Gasteiger partial charge in [-0.05, 0) is 89.8 Å². The molecule has 0 fully saturated rings. The highest BCUT2D eigenvalue weighted by atomic mass is 16.5. The lowest BCUT2D eigenvalue weighted by Crippen LogP contribution is -2.34. The second kappa shape index (κ2) is 6.88. The predicted octanol–water partition coefficient (Wildman–Crippen LogP) is 5.94. The van der Waals surface area contributed by atoms with E-state index in [0.717, 1.165) is 18.4 Å². The summed E-state index contributed by atoms with van der Waals surface area (Å²) in [6.07, 6.45) is 7.49. The van der Waals surface area contributed by atoms with Gasteiger partial charge in [0.1, 0.15) is 5.60 Å². The van der Waals surface area contributed by atoms with Crippen LogP contribution in [0.4, 0.5) is 0 Å². The number of carbonyl (C=O) groups is 1. The Morgan fingerprint density at radius 1 is 1.07 bits per heavy atom. The van der Waals surface area contributed by atoms with Gasteiger partial charge < -0.3 is 9.84 Å². The van der Waals surface area contributed by atoms with Crippen molar-refractivity contribution in [2.45, 2.75) is 83.7 Å². The Kier molecular flexibility index (Phi) is 5.12. The Bertz CT molecular complexity index is 870. The van der Waals surface area contributed by atoms with E-state index in [1.165, 1.54) is 46.7 Å². The van der Waals surface area contributed by atoms with E-state index in [0.29, 0.717) is 0 Å². The zero-order valence-electron chi connectivity index (χ0n) is 18.4. The molecule has 1 aromatic carbocycles. The Morgan fingerprint density at radius 2 is 1.64 bits per heavy atom. The number of benzene rings is 1. The molecule has 0 aromatic heterocycles. The van der Waals surface area contributed by atoms with Gasteiger partial charge in [0.25, 0.3) is 0 Å². The molecule has 0 radical (unpaired) electrons. The van der Waals surface area contributed by atoms with Crippen LogP contribution >= 0.6 is 0 Å². The van der Waals surface area contributed by atoms with Crippen molar-refractivity contribution in [1.29, 1.82) is 0 Å². The van der Waals surface area contributed by atoms with Crippen LogP contribution in [0, 0.1) is 6.92 Å². The van der Waals surface area contributed by atoms with Crippen LogP contribution in [0.3, 0.4) is 0 Å². The minimum atomic E-state index is -0.926. The quantitative estimate of drug-likeness (QED) is 0.656. The first-order valence-electron chi connectivity index (χ1n) is 10.3. The molecule has 0 saturated heterocycles. The summed E-state index contributed by atoms with van der Waals surface area (Å²) in [6, 6.07) is 4.79. The third kappa shape index (κ3) is 3.45. The Balaban J connectivity index is 2.12. The maximum atomic E-state index is 11.2. The van der Waals surface area contributed by atoms with Crippen molar-refractivity contribution in [1.82, 2.24) is 0 Å². The lowest BCUT2D eigenvalue weighted by molar-refractivity contribution is -0.131. The van der Waals surface area contributed by atoms with Crippen LogP contribution in [-0.4, -0.2) is 23.8 Å². The number of rotatable bonds is 4. The van der Waals surface area contributed by atoms with Crippen molar-refractivity contribution in [3.63, 3.8) is 0 Å². The van der Waals surface area contributed by atoms with E-state index in [9.17, 15) is 4.79 Å². The van der Waals surface area contributed by atoms with Crippen LogP contribution in [0.5, 0.6) is 0 Å². The number of aryl methyl sites for hydroxylation is 1. The molecule has 0 aliphatic heterocycles. The normalized spacial score (nSPS) is 26.0. The third-order valence-corrected chi connectivity index (χ3v) is 7.09. The van der Waals surface area contributed by atoms with Crippen LogP contribution in [0.1, 0.15) is 82.6 Å². The molecule has 1 atom stereocenters. The monoisotopic (exact) mass is 382 g/mol. The van der Waals surface area contributed by atoms with Gasteiger partial charge in [-0.3, -0.25) is 0 Å². The molecule has 0 saturated carbocycles. The van der Waals surface area contributed by atoms with Crippen molar-refractivity contribution in [2.24, 2.45) is 0 Å². The molecule has 3 heteroatoms. The molecule has 0 amide bonds. The molecule has 3 nitrogen and oxygen atoms in total. The maximum Gasteiger partial charge on any atom is 0.328 e. The smallest absolute Gasteiger partial charge is 0.328 e. The van der Waals surface area contributed by atoms with Crippen LogP contribution in [-0.2, 0) is 20.4 Å². The van der Waals surface area contributed by atoms with Crippen LogP contribution in [0.15, 0.2) is 29.9 Å². The molecule has 0 bridgehead atoms. The van der Waals surface area contributed by atoms with Gasteiger partial charge in [-0.2, -0.15) is 0 Å². The average Bonchev–Trinajstić information content (AvgIpc) is 3.04. The van der Waals surface area contributed by atoms with Crippen LogP contribution in [0.2, 0.25) is 0 Å². The van der Waals surface area contributed by atoms with Crippen molar-refractivity contribution < 1.29 is 14.6 Å². The number of carboxylic acids is 1. The second-order valence-electron chi connectivity index (χ2n) is 9.91. The molecule has 1 unspecified atom stereocenters. The number of fused-ring (bicyclic) bond motifs is 1. The van der Waals surface area contributed by atoms with E-state index in [2.05, 4.69) is 52.8 Å². The highest BCUT2D eigenvalue weighted by Gasteiger charge is 2.39. The number of hydrogen-bond donors (Lipinski definition) is 1. The summed E-state index contributed by atoms with van der Waals surface area (Å²) >= 11 is 0. The van der Waals surface area contributed by atoms with E-state index in [1.807, 2.05) is 6.92 Å². The predicted molar refractivity (Wildman–Crippen MR) is 115 cm³/mol. The molecular formula is C25H34O3. The van der Waals surface area contributed by atoms with E-state index in [1.54, 1.807) is 7.11 Å². The lowest BCUT2D eigenvalue weighted by atomic mass is 9.62. The van der Waals surface area contributed by atoms with Crippen LogP contribution in [0.25, 0.3) is 5.57 Å². The molecule has 3 rings (SSSR count). The van der Waals surface area contributed by atoms with Gasteiger partial charge in [-0.15, -0.1) is 0 Å². The molecule has 152 valence electrons. The van der Waals surface area contributed by atoms with E-state index in [4.69, 9.17) is 9.84 Å². The summed E-state index contributed by atoms with van der Waals surface area (Å²) in [4.78, 5) is 11.2. The average molecular weight is 383 g/mol. The highest BCUT2D eigenvalue weighted by molar-refractivity contribution is 5.82. The van der Waals surface area contributed by atoms with Crippen molar-refractivity contribution in [3.8, 4) is 0 Å². The van der Waals surface area contributed by atoms with E-state index >= 15 is 0 Å². The SMILES string of the molecule is COC1(C(C)=CC(=O)O)C=C(c2cc3c(cc2C)C(C)(C)CCC3(C)C)CC1. The number of methoxy groups -OCH3 is 1. The zero-order valence-corrected chi connectivity index (χ0v) is 18.4. The number of allylic oxidation sites excluding steroid dienone is 1. The molecule has 1 N–H and O–H groups in total. The highest BCUT2D eigenvalue weighted by Crippen LogP contribution is 2.49.